The van der Waals surface area contributed by atoms with Crippen molar-refractivity contribution in [3.63, 3.8) is 0 Å². The van der Waals surface area contributed by atoms with Gasteiger partial charge in [-0.15, -0.1) is 0 Å². The van der Waals surface area contributed by atoms with Crippen molar-refractivity contribution >= 4 is 23.3 Å². The molecule has 7 nitrogen and oxygen atoms in total. The Bertz CT molecular complexity index is 525. The molecule has 0 saturated carbocycles. The van der Waals surface area contributed by atoms with Crippen molar-refractivity contribution < 1.29 is 19.2 Å². The molecular formula is C12H12N2O5. The molecule has 1 rings (SSSR count). The van der Waals surface area contributed by atoms with Crippen LogP contribution in [-0.4, -0.2) is 23.4 Å². The number of benzene rings is 1. The zero-order valence-electron chi connectivity index (χ0n) is 10.2. The number of anilines is 1. The van der Waals surface area contributed by atoms with Gasteiger partial charge in [0, 0.05) is 18.2 Å². The van der Waals surface area contributed by atoms with Gasteiger partial charge in [0.2, 0.25) is 5.91 Å². The van der Waals surface area contributed by atoms with Gasteiger partial charge in [0.15, 0.2) is 0 Å². The van der Waals surface area contributed by atoms with Crippen LogP contribution in [0.3, 0.4) is 0 Å². The third-order valence-corrected chi connectivity index (χ3v) is 2.02. The normalized spacial score (nSPS) is 10.2. The van der Waals surface area contributed by atoms with Crippen LogP contribution < -0.4 is 5.32 Å². The summed E-state index contributed by atoms with van der Waals surface area (Å²) in [6.07, 6.45) is 1.91. The Morgan fingerprint density at radius 1 is 1.37 bits per heavy atom. The van der Waals surface area contributed by atoms with Crippen molar-refractivity contribution in [2.24, 2.45) is 0 Å². The first-order valence-corrected chi connectivity index (χ1v) is 5.43. The topological polar surface area (TPSA) is 98.5 Å². The molecule has 0 aliphatic rings. The largest absolute Gasteiger partial charge is 0.463 e. The van der Waals surface area contributed by atoms with Crippen LogP contribution in [0.5, 0.6) is 0 Å². The van der Waals surface area contributed by atoms with Gasteiger partial charge in [-0.2, -0.15) is 0 Å². The minimum Gasteiger partial charge on any atom is -0.463 e. The summed E-state index contributed by atoms with van der Waals surface area (Å²) >= 11 is 0. The van der Waals surface area contributed by atoms with E-state index in [4.69, 9.17) is 0 Å². The number of nitrogens with zero attached hydrogens (tertiary/aromatic N) is 1. The van der Waals surface area contributed by atoms with Crippen molar-refractivity contribution in [3.8, 4) is 0 Å². The summed E-state index contributed by atoms with van der Waals surface area (Å²) in [4.78, 5) is 32.6. The molecule has 0 aliphatic heterocycles. The first-order chi connectivity index (χ1) is 9.04. The van der Waals surface area contributed by atoms with Crippen LogP contribution in [0.15, 0.2) is 36.4 Å². The molecule has 100 valence electrons. The molecule has 7 heteroatoms. The lowest BCUT2D eigenvalue weighted by molar-refractivity contribution is -0.383. The number of para-hydroxylation sites is 2. The van der Waals surface area contributed by atoms with Crippen molar-refractivity contribution in [1.82, 2.24) is 0 Å². The first kappa shape index (κ1) is 14.4. The maximum Gasteiger partial charge on any atom is 0.330 e. The van der Waals surface area contributed by atoms with Crippen LogP contribution in [0.1, 0.15) is 6.92 Å². The fourth-order valence-corrected chi connectivity index (χ4v) is 1.25. The molecule has 0 heterocycles. The molecule has 1 amide bonds. The molecule has 1 N–H and O–H groups in total. The fourth-order valence-electron chi connectivity index (χ4n) is 1.25. The van der Waals surface area contributed by atoms with Crippen molar-refractivity contribution in [2.75, 3.05) is 11.9 Å². The number of hydrogen-bond acceptors (Lipinski definition) is 5. The summed E-state index contributed by atoms with van der Waals surface area (Å²) < 4.78 is 4.59. The lowest BCUT2D eigenvalue weighted by Crippen LogP contribution is -2.10. The first-order valence-electron chi connectivity index (χ1n) is 5.43. The molecule has 1 aromatic rings. The number of esters is 1. The number of rotatable bonds is 5. The standard InChI is InChI=1S/C12H12N2O5/c1-2-19-12(16)8-7-11(15)13-9-5-3-4-6-10(9)14(17)18/h3-8H,2H2,1H3,(H,13,15)/b8-7+. The van der Waals surface area contributed by atoms with Crippen LogP contribution in [0, 0.1) is 10.1 Å². The van der Waals surface area contributed by atoms with E-state index in [2.05, 4.69) is 10.1 Å². The average Bonchev–Trinajstić information content (AvgIpc) is 2.37. The Morgan fingerprint density at radius 2 is 2.05 bits per heavy atom. The van der Waals surface area contributed by atoms with E-state index in [1.54, 1.807) is 13.0 Å². The summed E-state index contributed by atoms with van der Waals surface area (Å²) in [6, 6.07) is 5.71. The molecule has 0 saturated heterocycles. The van der Waals surface area contributed by atoms with Crippen LogP contribution in [0.4, 0.5) is 11.4 Å². The molecule has 0 aliphatic carbocycles. The average molecular weight is 264 g/mol. The molecule has 0 aromatic heterocycles. The van der Waals surface area contributed by atoms with Gasteiger partial charge >= 0.3 is 5.97 Å². The Hall–Kier alpha value is -2.70. The molecule has 0 bridgehead atoms. The molecule has 0 atom stereocenters. The zero-order valence-corrected chi connectivity index (χ0v) is 10.2. The number of carbonyl (C=O) groups is 2. The molecule has 0 radical (unpaired) electrons. The van der Waals surface area contributed by atoms with Gasteiger partial charge in [0.1, 0.15) is 5.69 Å². The number of amides is 1. The third kappa shape index (κ3) is 4.58. The number of nitrogens with one attached hydrogen (secondary N) is 1. The number of carbonyl (C=O) groups excluding carboxylic acids is 2. The fraction of sp³-hybridized carbons (Fsp3) is 0.167. The van der Waals surface area contributed by atoms with E-state index < -0.39 is 16.8 Å². The van der Waals surface area contributed by atoms with E-state index in [1.807, 2.05) is 0 Å². The van der Waals surface area contributed by atoms with Gasteiger partial charge in [0.05, 0.1) is 11.5 Å². The molecule has 0 spiro atoms. The number of nitro groups is 1. The second-order valence-electron chi connectivity index (χ2n) is 3.35. The van der Waals surface area contributed by atoms with E-state index >= 15 is 0 Å². The van der Waals surface area contributed by atoms with Crippen molar-refractivity contribution in [2.45, 2.75) is 6.92 Å². The Balaban J connectivity index is 2.72. The Labute approximate surface area is 109 Å². The summed E-state index contributed by atoms with van der Waals surface area (Å²) in [7, 11) is 0. The highest BCUT2D eigenvalue weighted by Gasteiger charge is 2.13. The SMILES string of the molecule is CCOC(=O)/C=C/C(=O)Nc1ccccc1[N+](=O)[O-]. The molecular weight excluding hydrogens is 252 g/mol. The quantitative estimate of drug-likeness (QED) is 0.377. The second kappa shape index (κ2) is 6.90. The van der Waals surface area contributed by atoms with Crippen LogP contribution >= 0.6 is 0 Å². The molecule has 0 unspecified atom stereocenters. The van der Waals surface area contributed by atoms with E-state index in [9.17, 15) is 19.7 Å². The van der Waals surface area contributed by atoms with E-state index in [0.717, 1.165) is 12.2 Å². The molecule has 19 heavy (non-hydrogen) atoms. The van der Waals surface area contributed by atoms with Crippen LogP contribution in [0.2, 0.25) is 0 Å². The van der Waals surface area contributed by atoms with Gasteiger partial charge in [-0.05, 0) is 13.0 Å². The number of nitro benzene ring substituents is 1. The monoisotopic (exact) mass is 264 g/mol. The van der Waals surface area contributed by atoms with Crippen LogP contribution in [0.25, 0.3) is 0 Å². The van der Waals surface area contributed by atoms with E-state index in [0.29, 0.717) is 0 Å². The highest BCUT2D eigenvalue weighted by Crippen LogP contribution is 2.22. The minimum atomic E-state index is -0.653. The highest BCUT2D eigenvalue weighted by molar-refractivity contribution is 6.03. The summed E-state index contributed by atoms with van der Waals surface area (Å²) in [5.74, 6) is -1.30. The second-order valence-corrected chi connectivity index (χ2v) is 3.35. The lowest BCUT2D eigenvalue weighted by Gasteiger charge is -2.02. The summed E-state index contributed by atoms with van der Waals surface area (Å²) in [5, 5.41) is 13.0. The van der Waals surface area contributed by atoms with Gasteiger partial charge in [-0.25, -0.2) is 4.79 Å². The summed E-state index contributed by atoms with van der Waals surface area (Å²) in [6.45, 7) is 1.84. The molecule has 0 fully saturated rings. The van der Waals surface area contributed by atoms with Crippen molar-refractivity contribution in [3.05, 3.63) is 46.5 Å². The lowest BCUT2D eigenvalue weighted by atomic mass is 10.2. The third-order valence-electron chi connectivity index (χ3n) is 2.02. The smallest absolute Gasteiger partial charge is 0.330 e. The zero-order chi connectivity index (χ0) is 14.3. The summed E-state index contributed by atoms with van der Waals surface area (Å²) in [5.41, 5.74) is -0.161. The van der Waals surface area contributed by atoms with E-state index in [1.165, 1.54) is 18.2 Å². The molecule has 1 aromatic carbocycles. The maximum atomic E-state index is 11.5. The predicted octanol–water partition coefficient (Wildman–Crippen LogP) is 1.65. The van der Waals surface area contributed by atoms with Crippen LogP contribution in [-0.2, 0) is 14.3 Å². The number of ether oxygens (including phenoxy) is 1. The van der Waals surface area contributed by atoms with Crippen molar-refractivity contribution in [1.29, 1.82) is 0 Å². The Kier molecular flexibility index (Phi) is 5.21. The maximum absolute atomic E-state index is 11.5. The van der Waals surface area contributed by atoms with E-state index in [-0.39, 0.29) is 18.0 Å². The Morgan fingerprint density at radius 3 is 2.68 bits per heavy atom. The van der Waals surface area contributed by atoms with Gasteiger partial charge in [0.25, 0.3) is 5.69 Å². The predicted molar refractivity (Wildman–Crippen MR) is 67.5 cm³/mol. The number of hydrogen-bond donors (Lipinski definition) is 1. The van der Waals surface area contributed by atoms with Gasteiger partial charge < -0.3 is 10.1 Å². The minimum absolute atomic E-state index is 0.0611. The van der Waals surface area contributed by atoms with Gasteiger partial charge in [-0.1, -0.05) is 12.1 Å². The highest BCUT2D eigenvalue weighted by atomic mass is 16.6. The van der Waals surface area contributed by atoms with Gasteiger partial charge in [-0.3, -0.25) is 14.9 Å².